The number of hydrogen-bond donors (Lipinski definition) is 1. The summed E-state index contributed by atoms with van der Waals surface area (Å²) in [6.45, 7) is 3.20. The molecule has 1 N–H and O–H groups in total. The highest BCUT2D eigenvalue weighted by Gasteiger charge is 2.19. The van der Waals surface area contributed by atoms with Gasteiger partial charge < -0.3 is 14.5 Å². The van der Waals surface area contributed by atoms with Crippen molar-refractivity contribution in [1.29, 1.82) is 0 Å². The summed E-state index contributed by atoms with van der Waals surface area (Å²) < 4.78 is 11.0. The van der Waals surface area contributed by atoms with E-state index in [1.165, 1.54) is 0 Å². The van der Waals surface area contributed by atoms with E-state index in [0.717, 1.165) is 29.3 Å². The van der Waals surface area contributed by atoms with Crippen LogP contribution in [-0.2, 0) is 17.8 Å². The molecule has 0 saturated heterocycles. The average Bonchev–Trinajstić information content (AvgIpc) is 2.84. The van der Waals surface area contributed by atoms with Gasteiger partial charge in [-0.25, -0.2) is 9.97 Å². The molecule has 0 atom stereocenters. The molecule has 0 spiro atoms. The quantitative estimate of drug-likeness (QED) is 0.878. The molecule has 2 aromatic rings. The first-order valence-corrected chi connectivity index (χ1v) is 6.00. The van der Waals surface area contributed by atoms with E-state index in [4.69, 9.17) is 9.15 Å². The van der Waals surface area contributed by atoms with Crippen LogP contribution >= 0.6 is 0 Å². The molecule has 5 nitrogen and oxygen atoms in total. The zero-order chi connectivity index (χ0) is 12.5. The number of fused-ring (bicyclic) bond motifs is 1. The van der Waals surface area contributed by atoms with E-state index < -0.39 is 0 Å². The molecular weight excluding hydrogens is 230 g/mol. The molecule has 0 aromatic carbocycles. The lowest BCUT2D eigenvalue weighted by molar-refractivity contribution is 0.109. The number of hydrogen-bond acceptors (Lipinski definition) is 5. The van der Waals surface area contributed by atoms with Gasteiger partial charge in [-0.05, 0) is 19.1 Å². The predicted octanol–water partition coefficient (Wildman–Crippen LogP) is 2.16. The summed E-state index contributed by atoms with van der Waals surface area (Å²) >= 11 is 0. The van der Waals surface area contributed by atoms with Gasteiger partial charge in [0.1, 0.15) is 11.6 Å². The van der Waals surface area contributed by atoms with Crippen LogP contribution in [-0.4, -0.2) is 23.6 Å². The summed E-state index contributed by atoms with van der Waals surface area (Å²) in [7, 11) is 1.86. The second-order valence-corrected chi connectivity index (χ2v) is 4.28. The van der Waals surface area contributed by atoms with Crippen LogP contribution in [0.1, 0.15) is 17.0 Å². The van der Waals surface area contributed by atoms with Gasteiger partial charge in [0.2, 0.25) is 0 Å². The molecule has 2 aromatic heterocycles. The number of nitrogens with zero attached hydrogens (tertiary/aromatic N) is 2. The fraction of sp³-hybridized carbons (Fsp3) is 0.385. The van der Waals surface area contributed by atoms with E-state index in [1.807, 2.05) is 26.1 Å². The number of nitrogens with one attached hydrogen (secondary N) is 1. The van der Waals surface area contributed by atoms with Gasteiger partial charge in [0.15, 0.2) is 11.6 Å². The van der Waals surface area contributed by atoms with Crippen molar-refractivity contribution >= 4 is 5.82 Å². The molecule has 94 valence electrons. The average molecular weight is 245 g/mol. The van der Waals surface area contributed by atoms with Gasteiger partial charge in [0.25, 0.3) is 0 Å². The largest absolute Gasteiger partial charge is 0.458 e. The third-order valence-electron chi connectivity index (χ3n) is 3.02. The minimum atomic E-state index is 0.572. The van der Waals surface area contributed by atoms with Crippen LogP contribution in [0.15, 0.2) is 16.5 Å². The summed E-state index contributed by atoms with van der Waals surface area (Å²) in [6, 6.07) is 3.82. The molecule has 0 amide bonds. The van der Waals surface area contributed by atoms with Crippen LogP contribution in [0, 0.1) is 6.92 Å². The smallest absolute Gasteiger partial charge is 0.197 e. The third kappa shape index (κ3) is 1.86. The van der Waals surface area contributed by atoms with Crippen LogP contribution < -0.4 is 5.32 Å². The molecule has 0 unspecified atom stereocenters. The minimum absolute atomic E-state index is 0.572. The molecule has 3 heterocycles. The van der Waals surface area contributed by atoms with Crippen LogP contribution in [0.4, 0.5) is 5.82 Å². The number of rotatable bonds is 2. The van der Waals surface area contributed by atoms with Gasteiger partial charge >= 0.3 is 0 Å². The fourth-order valence-corrected chi connectivity index (χ4v) is 2.10. The monoisotopic (exact) mass is 245 g/mol. The first kappa shape index (κ1) is 11.2. The summed E-state index contributed by atoms with van der Waals surface area (Å²) in [6.07, 6.45) is 0.819. The minimum Gasteiger partial charge on any atom is -0.458 e. The summed E-state index contributed by atoms with van der Waals surface area (Å²) in [5.74, 6) is 3.02. The van der Waals surface area contributed by atoms with Crippen molar-refractivity contribution in [2.45, 2.75) is 20.0 Å². The molecule has 0 fully saturated rings. The molecule has 1 aliphatic rings. The Hall–Kier alpha value is -1.88. The molecule has 3 rings (SSSR count). The Morgan fingerprint density at radius 2 is 2.17 bits per heavy atom. The molecule has 0 bridgehead atoms. The van der Waals surface area contributed by atoms with Crippen LogP contribution in [0.2, 0.25) is 0 Å². The molecule has 0 saturated carbocycles. The third-order valence-corrected chi connectivity index (χ3v) is 3.02. The van der Waals surface area contributed by atoms with Gasteiger partial charge in [-0.2, -0.15) is 0 Å². The van der Waals surface area contributed by atoms with Crippen molar-refractivity contribution < 1.29 is 9.15 Å². The SMILES string of the molecule is CNc1nc(-c2ccc(C)o2)nc2c1COCC2. The lowest BCUT2D eigenvalue weighted by Crippen LogP contribution is -2.16. The van der Waals surface area contributed by atoms with E-state index in [0.29, 0.717) is 24.8 Å². The highest BCUT2D eigenvalue weighted by atomic mass is 16.5. The van der Waals surface area contributed by atoms with Crippen molar-refractivity contribution in [3.05, 3.63) is 29.2 Å². The van der Waals surface area contributed by atoms with E-state index >= 15 is 0 Å². The molecule has 18 heavy (non-hydrogen) atoms. The Kier molecular flexibility index (Phi) is 2.76. The van der Waals surface area contributed by atoms with Crippen molar-refractivity contribution in [3.63, 3.8) is 0 Å². The van der Waals surface area contributed by atoms with E-state index in [-0.39, 0.29) is 0 Å². The highest BCUT2D eigenvalue weighted by Crippen LogP contribution is 2.26. The van der Waals surface area contributed by atoms with Crippen molar-refractivity contribution in [2.24, 2.45) is 0 Å². The first-order valence-electron chi connectivity index (χ1n) is 6.00. The lowest BCUT2D eigenvalue weighted by atomic mass is 10.1. The Labute approximate surface area is 105 Å². The highest BCUT2D eigenvalue weighted by molar-refractivity contribution is 5.56. The standard InChI is InChI=1S/C13H15N3O2/c1-8-3-4-11(18-8)13-15-10-5-6-17-7-9(10)12(14-2)16-13/h3-4H,5-7H2,1-2H3,(H,14,15,16). The van der Waals surface area contributed by atoms with Crippen molar-refractivity contribution in [3.8, 4) is 11.6 Å². The first-order chi connectivity index (χ1) is 8.78. The van der Waals surface area contributed by atoms with Crippen LogP contribution in [0.25, 0.3) is 11.6 Å². The molecule has 5 heteroatoms. The lowest BCUT2D eigenvalue weighted by Gasteiger charge is -2.18. The maximum atomic E-state index is 5.58. The van der Waals surface area contributed by atoms with E-state index in [1.54, 1.807) is 0 Å². The summed E-state index contributed by atoms with van der Waals surface area (Å²) in [5, 5.41) is 3.10. The zero-order valence-corrected chi connectivity index (χ0v) is 10.5. The molecule has 0 aliphatic carbocycles. The van der Waals surface area contributed by atoms with Gasteiger partial charge in [-0.3, -0.25) is 0 Å². The molecule has 1 aliphatic heterocycles. The predicted molar refractivity (Wildman–Crippen MR) is 67.4 cm³/mol. The van der Waals surface area contributed by atoms with Gasteiger partial charge in [0, 0.05) is 19.0 Å². The Morgan fingerprint density at radius 1 is 1.28 bits per heavy atom. The molecule has 0 radical (unpaired) electrons. The van der Waals surface area contributed by atoms with E-state index in [2.05, 4.69) is 15.3 Å². The number of furan rings is 1. The van der Waals surface area contributed by atoms with Crippen molar-refractivity contribution in [1.82, 2.24) is 9.97 Å². The Morgan fingerprint density at radius 3 is 2.89 bits per heavy atom. The Balaban J connectivity index is 2.11. The number of aromatic nitrogens is 2. The number of anilines is 1. The zero-order valence-electron chi connectivity index (χ0n) is 10.5. The number of ether oxygens (including phenoxy) is 1. The van der Waals surface area contributed by atoms with Crippen LogP contribution in [0.5, 0.6) is 0 Å². The van der Waals surface area contributed by atoms with Gasteiger partial charge in [-0.15, -0.1) is 0 Å². The normalized spacial score (nSPS) is 14.3. The summed E-state index contributed by atoms with van der Waals surface area (Å²) in [4.78, 5) is 9.07. The van der Waals surface area contributed by atoms with Crippen molar-refractivity contribution in [2.75, 3.05) is 19.0 Å². The fourth-order valence-electron chi connectivity index (χ4n) is 2.10. The van der Waals surface area contributed by atoms with Crippen LogP contribution in [0.3, 0.4) is 0 Å². The number of aryl methyl sites for hydroxylation is 1. The second kappa shape index (κ2) is 4.42. The topological polar surface area (TPSA) is 60.2 Å². The van der Waals surface area contributed by atoms with E-state index in [9.17, 15) is 0 Å². The molecular formula is C13H15N3O2. The summed E-state index contributed by atoms with van der Waals surface area (Å²) in [5.41, 5.74) is 2.10. The van der Waals surface area contributed by atoms with Gasteiger partial charge in [0.05, 0.1) is 18.9 Å². The van der Waals surface area contributed by atoms with Gasteiger partial charge in [-0.1, -0.05) is 0 Å². The maximum absolute atomic E-state index is 5.58. The second-order valence-electron chi connectivity index (χ2n) is 4.28. The maximum Gasteiger partial charge on any atom is 0.197 e. The Bertz CT molecular complexity index is 560.